The average molecular weight is 379 g/mol. The van der Waals surface area contributed by atoms with Gasteiger partial charge in [-0.15, -0.1) is 0 Å². The molecule has 0 amide bonds. The van der Waals surface area contributed by atoms with E-state index in [1.54, 1.807) is 13.0 Å². The van der Waals surface area contributed by atoms with Crippen molar-refractivity contribution in [3.63, 3.8) is 0 Å². The molecule has 0 bridgehead atoms. The third-order valence-corrected chi connectivity index (χ3v) is 5.79. The Morgan fingerprint density at radius 2 is 1.96 bits per heavy atom. The largest absolute Gasteiger partial charge is 0.459 e. The maximum atomic E-state index is 12.5. The van der Waals surface area contributed by atoms with E-state index < -0.39 is 6.10 Å². The van der Waals surface area contributed by atoms with Crippen LogP contribution in [0.1, 0.15) is 67.7 Å². The molecular formula is C22H34O5. The first-order chi connectivity index (χ1) is 12.6. The van der Waals surface area contributed by atoms with Gasteiger partial charge in [0.1, 0.15) is 18.3 Å². The molecule has 1 saturated heterocycles. The van der Waals surface area contributed by atoms with Gasteiger partial charge in [0.25, 0.3) is 0 Å². The topological polar surface area (TPSA) is 65.1 Å². The van der Waals surface area contributed by atoms with Gasteiger partial charge in [-0.05, 0) is 46.5 Å². The monoisotopic (exact) mass is 378 g/mol. The van der Waals surface area contributed by atoms with E-state index >= 15 is 0 Å². The third-order valence-electron chi connectivity index (χ3n) is 5.79. The first kappa shape index (κ1) is 21.7. The molecule has 0 N–H and O–H groups in total. The molecule has 0 saturated carbocycles. The molecule has 5 atom stereocenters. The molecule has 5 nitrogen and oxygen atoms in total. The van der Waals surface area contributed by atoms with Gasteiger partial charge in [-0.1, -0.05) is 31.6 Å². The number of rotatable bonds is 4. The molecule has 0 spiro atoms. The number of hydrogen-bond donors (Lipinski definition) is 0. The summed E-state index contributed by atoms with van der Waals surface area (Å²) in [6.07, 6.45) is 5.40. The Morgan fingerprint density at radius 3 is 2.52 bits per heavy atom. The molecule has 2 aliphatic rings. The van der Waals surface area contributed by atoms with Gasteiger partial charge < -0.3 is 14.2 Å². The van der Waals surface area contributed by atoms with Crippen LogP contribution in [0.5, 0.6) is 0 Å². The Morgan fingerprint density at radius 1 is 1.30 bits per heavy atom. The Kier molecular flexibility index (Phi) is 6.90. The van der Waals surface area contributed by atoms with Crippen LogP contribution in [0, 0.1) is 11.8 Å². The minimum Gasteiger partial charge on any atom is -0.459 e. The number of fused-ring (bicyclic) bond motifs is 1. The van der Waals surface area contributed by atoms with Crippen molar-refractivity contribution in [2.24, 2.45) is 11.8 Å². The second kappa shape index (κ2) is 8.59. The maximum absolute atomic E-state index is 12.5. The van der Waals surface area contributed by atoms with Crippen molar-refractivity contribution in [3.8, 4) is 0 Å². The lowest BCUT2D eigenvalue weighted by Crippen LogP contribution is -2.45. The van der Waals surface area contributed by atoms with Crippen LogP contribution in [0.25, 0.3) is 0 Å². The number of hydrogen-bond acceptors (Lipinski definition) is 5. The van der Waals surface area contributed by atoms with E-state index in [1.165, 1.54) is 12.5 Å². The summed E-state index contributed by atoms with van der Waals surface area (Å²) in [4.78, 5) is 24.3. The second-order valence-electron chi connectivity index (χ2n) is 8.46. The summed E-state index contributed by atoms with van der Waals surface area (Å²) in [6.45, 7) is 13.3. The van der Waals surface area contributed by atoms with E-state index in [-0.39, 0.29) is 41.6 Å². The van der Waals surface area contributed by atoms with E-state index in [1.807, 2.05) is 6.92 Å². The van der Waals surface area contributed by atoms with Gasteiger partial charge in [0.15, 0.2) is 0 Å². The summed E-state index contributed by atoms with van der Waals surface area (Å²) in [5.41, 5.74) is 1.46. The lowest BCUT2D eigenvalue weighted by Gasteiger charge is -2.36. The number of epoxide rings is 1. The lowest BCUT2D eigenvalue weighted by molar-refractivity contribution is -0.162. The van der Waals surface area contributed by atoms with E-state index in [0.717, 1.165) is 12.8 Å². The summed E-state index contributed by atoms with van der Waals surface area (Å²) in [5.74, 6) is -0.642. The van der Waals surface area contributed by atoms with E-state index in [4.69, 9.17) is 14.2 Å². The molecule has 0 aromatic heterocycles. The first-order valence-corrected chi connectivity index (χ1v) is 9.93. The number of allylic oxidation sites excluding steroid dienone is 2. The molecule has 0 aromatic rings. The molecule has 5 heteroatoms. The summed E-state index contributed by atoms with van der Waals surface area (Å²) in [7, 11) is 0. The number of carbonyl (C=O) groups excluding carboxylic acids is 2. The molecule has 0 radical (unpaired) electrons. The molecule has 27 heavy (non-hydrogen) atoms. The normalized spacial score (nSPS) is 36.3. The highest BCUT2D eigenvalue weighted by Gasteiger charge is 2.60. The molecule has 152 valence electrons. The van der Waals surface area contributed by atoms with Crippen LogP contribution in [0.2, 0.25) is 0 Å². The Bertz CT molecular complexity index is 633. The van der Waals surface area contributed by atoms with Gasteiger partial charge in [0, 0.05) is 24.8 Å². The minimum absolute atomic E-state index is 0.143. The zero-order chi connectivity index (χ0) is 20.4. The quantitative estimate of drug-likeness (QED) is 0.315. The standard InChI is InChI=1S/C22H34O5/c1-8-15(5)21(24)26-17-12-14(4)10-9-11-22(7)20(27-22)19(25-16(6)23)18(17)13(2)3/h8,10,13,17-20H,9,11-12H2,1-7H3/b14-10+,15-8+/t17-,18+,19?,20-,22-/m0/s1. The Labute approximate surface area is 163 Å². The molecular weight excluding hydrogens is 344 g/mol. The maximum Gasteiger partial charge on any atom is 0.333 e. The third kappa shape index (κ3) is 5.22. The fourth-order valence-corrected chi connectivity index (χ4v) is 4.04. The summed E-state index contributed by atoms with van der Waals surface area (Å²) in [6, 6.07) is 0. The highest BCUT2D eigenvalue weighted by atomic mass is 16.6. The number of ether oxygens (including phenoxy) is 3. The fourth-order valence-electron chi connectivity index (χ4n) is 4.04. The van der Waals surface area contributed by atoms with Crippen LogP contribution < -0.4 is 0 Å². The second-order valence-corrected chi connectivity index (χ2v) is 8.46. The molecule has 2 rings (SSSR count). The van der Waals surface area contributed by atoms with Gasteiger partial charge in [-0.3, -0.25) is 4.79 Å². The summed E-state index contributed by atoms with van der Waals surface area (Å²) >= 11 is 0. The van der Waals surface area contributed by atoms with E-state index in [2.05, 4.69) is 33.8 Å². The van der Waals surface area contributed by atoms with Crippen LogP contribution in [0.4, 0.5) is 0 Å². The molecule has 1 heterocycles. The molecule has 1 unspecified atom stereocenters. The van der Waals surface area contributed by atoms with Crippen molar-refractivity contribution in [2.45, 2.75) is 91.6 Å². The fraction of sp³-hybridized carbons (Fsp3) is 0.727. The van der Waals surface area contributed by atoms with Crippen LogP contribution in [-0.4, -0.2) is 35.9 Å². The Hall–Kier alpha value is -1.62. The van der Waals surface area contributed by atoms with Crippen LogP contribution >= 0.6 is 0 Å². The predicted molar refractivity (Wildman–Crippen MR) is 104 cm³/mol. The highest BCUT2D eigenvalue weighted by molar-refractivity contribution is 5.87. The van der Waals surface area contributed by atoms with Gasteiger partial charge in [-0.25, -0.2) is 4.79 Å². The van der Waals surface area contributed by atoms with Crippen LogP contribution in [-0.2, 0) is 23.8 Å². The molecule has 1 aliphatic heterocycles. The zero-order valence-corrected chi connectivity index (χ0v) is 17.7. The van der Waals surface area contributed by atoms with Gasteiger partial charge in [0.2, 0.25) is 0 Å². The minimum atomic E-state index is -0.429. The van der Waals surface area contributed by atoms with Crippen LogP contribution in [0.15, 0.2) is 23.3 Å². The highest BCUT2D eigenvalue weighted by Crippen LogP contribution is 2.48. The van der Waals surface area contributed by atoms with Crippen molar-refractivity contribution in [2.75, 3.05) is 0 Å². The van der Waals surface area contributed by atoms with Crippen molar-refractivity contribution in [1.29, 1.82) is 0 Å². The van der Waals surface area contributed by atoms with Crippen molar-refractivity contribution in [3.05, 3.63) is 23.3 Å². The van der Waals surface area contributed by atoms with Crippen LogP contribution in [0.3, 0.4) is 0 Å². The zero-order valence-electron chi connectivity index (χ0n) is 17.7. The first-order valence-electron chi connectivity index (χ1n) is 9.93. The molecule has 1 aliphatic carbocycles. The number of carbonyl (C=O) groups is 2. The summed E-state index contributed by atoms with van der Waals surface area (Å²) < 4.78 is 17.7. The number of esters is 2. The summed E-state index contributed by atoms with van der Waals surface area (Å²) in [5, 5.41) is 0. The molecule has 1 fully saturated rings. The smallest absolute Gasteiger partial charge is 0.333 e. The van der Waals surface area contributed by atoms with Gasteiger partial charge in [0.05, 0.1) is 5.60 Å². The van der Waals surface area contributed by atoms with Gasteiger partial charge >= 0.3 is 11.9 Å². The molecule has 0 aromatic carbocycles. The van der Waals surface area contributed by atoms with E-state index in [0.29, 0.717) is 12.0 Å². The SMILES string of the molecule is C/C=C(\C)C(=O)O[C@H]1C/C(C)=C/CC[C@]2(C)O[C@H]2C(OC(C)=O)[C@@H]1C(C)C. The predicted octanol–water partition coefficient (Wildman–Crippen LogP) is 4.36. The van der Waals surface area contributed by atoms with E-state index in [9.17, 15) is 9.59 Å². The Balaban J connectivity index is 2.42. The van der Waals surface area contributed by atoms with Crippen molar-refractivity contribution < 1.29 is 23.8 Å². The van der Waals surface area contributed by atoms with Crippen molar-refractivity contribution in [1.82, 2.24) is 0 Å². The lowest BCUT2D eigenvalue weighted by atomic mass is 9.78. The van der Waals surface area contributed by atoms with Gasteiger partial charge in [-0.2, -0.15) is 0 Å². The average Bonchev–Trinajstić information content (AvgIpc) is 3.23. The van der Waals surface area contributed by atoms with Crippen molar-refractivity contribution >= 4 is 11.9 Å².